The maximum atomic E-state index is 13.0. The number of halogens is 1. The van der Waals surface area contributed by atoms with E-state index in [0.29, 0.717) is 25.9 Å². The fourth-order valence-electron chi connectivity index (χ4n) is 1.54. The third-order valence-electron chi connectivity index (χ3n) is 2.34. The van der Waals surface area contributed by atoms with E-state index < -0.39 is 6.36 Å². The lowest BCUT2D eigenvalue weighted by atomic mass is 10.1. The highest BCUT2D eigenvalue weighted by atomic mass is 19.1. The van der Waals surface area contributed by atoms with Gasteiger partial charge in [0, 0.05) is 0 Å². The van der Waals surface area contributed by atoms with E-state index in [9.17, 15) is 4.39 Å². The van der Waals surface area contributed by atoms with Gasteiger partial charge in [0.2, 0.25) is 6.36 Å². The topological polar surface area (TPSA) is 30.5 Å². The fourth-order valence-corrected chi connectivity index (χ4v) is 1.54. The van der Waals surface area contributed by atoms with Crippen LogP contribution in [0.4, 0.5) is 4.39 Å². The molecule has 0 saturated carbocycles. The van der Waals surface area contributed by atoms with E-state index in [1.165, 1.54) is 0 Å². The smallest absolute Gasteiger partial charge is 0.214 e. The summed E-state index contributed by atoms with van der Waals surface area (Å²) >= 11 is 0. The highest BCUT2D eigenvalue weighted by Crippen LogP contribution is 2.16. The first-order valence-corrected chi connectivity index (χ1v) is 4.46. The Hall–Kier alpha value is -0.190. The van der Waals surface area contributed by atoms with Gasteiger partial charge in [0.15, 0.2) is 0 Å². The van der Waals surface area contributed by atoms with Crippen LogP contribution in [0.2, 0.25) is 0 Å². The van der Waals surface area contributed by atoms with Gasteiger partial charge in [-0.2, -0.15) is 0 Å². The molecule has 0 radical (unpaired) electrons. The molecule has 0 aromatic rings. The molecule has 0 spiro atoms. The van der Waals surface area contributed by atoms with Crippen LogP contribution in [0.1, 0.15) is 12.8 Å². The molecule has 0 aromatic carbocycles. The third kappa shape index (κ3) is 1.76. The first kappa shape index (κ1) is 8.41. The summed E-state index contributed by atoms with van der Waals surface area (Å²) in [5, 5.41) is 3.18. The van der Waals surface area contributed by atoms with E-state index in [1.807, 2.05) is 0 Å². The lowest BCUT2D eigenvalue weighted by molar-refractivity contribution is -0.104. The van der Waals surface area contributed by atoms with E-state index >= 15 is 0 Å². The number of rotatable bonds is 2. The van der Waals surface area contributed by atoms with Crippen molar-refractivity contribution in [3.8, 4) is 0 Å². The Morgan fingerprint density at radius 1 is 1.33 bits per heavy atom. The Balaban J connectivity index is 1.76. The van der Waals surface area contributed by atoms with Crippen molar-refractivity contribution in [1.29, 1.82) is 0 Å². The van der Waals surface area contributed by atoms with Gasteiger partial charge < -0.3 is 14.8 Å². The minimum Gasteiger partial charge on any atom is -0.378 e. The van der Waals surface area contributed by atoms with Gasteiger partial charge in [-0.15, -0.1) is 0 Å². The number of nitrogens with one attached hydrogen (secondary N) is 1. The zero-order valence-electron chi connectivity index (χ0n) is 6.96. The van der Waals surface area contributed by atoms with Crippen molar-refractivity contribution >= 4 is 0 Å². The monoisotopic (exact) mass is 175 g/mol. The Morgan fingerprint density at radius 3 is 2.75 bits per heavy atom. The summed E-state index contributed by atoms with van der Waals surface area (Å²) in [4.78, 5) is 0. The van der Waals surface area contributed by atoms with Crippen molar-refractivity contribution in [3.05, 3.63) is 0 Å². The van der Waals surface area contributed by atoms with Gasteiger partial charge >= 0.3 is 0 Å². The second kappa shape index (κ2) is 3.68. The quantitative estimate of drug-likeness (QED) is 0.661. The molecule has 12 heavy (non-hydrogen) atoms. The lowest BCUT2D eigenvalue weighted by Gasteiger charge is -2.34. The van der Waals surface area contributed by atoms with Crippen molar-refractivity contribution < 1.29 is 13.9 Å². The predicted octanol–water partition coefficient (Wildman–Crippen LogP) is 0.449. The second-order valence-electron chi connectivity index (χ2n) is 3.37. The van der Waals surface area contributed by atoms with E-state index in [4.69, 9.17) is 9.47 Å². The zero-order chi connectivity index (χ0) is 8.39. The number of hydrogen-bond donors (Lipinski definition) is 1. The fraction of sp³-hybridized carbons (Fsp3) is 1.00. The first-order valence-electron chi connectivity index (χ1n) is 4.46. The first-order chi connectivity index (χ1) is 5.86. The number of alkyl halides is 1. The molecule has 2 aliphatic heterocycles. The van der Waals surface area contributed by atoms with Crippen LogP contribution in [-0.4, -0.2) is 38.3 Å². The van der Waals surface area contributed by atoms with Gasteiger partial charge in [0.25, 0.3) is 0 Å². The van der Waals surface area contributed by atoms with E-state index in [1.54, 1.807) is 0 Å². The molecular weight excluding hydrogens is 161 g/mol. The van der Waals surface area contributed by atoms with Crippen LogP contribution in [0.3, 0.4) is 0 Å². The summed E-state index contributed by atoms with van der Waals surface area (Å²) in [6, 6.07) is 0.225. The molecule has 2 unspecified atom stereocenters. The van der Waals surface area contributed by atoms with Crippen LogP contribution in [-0.2, 0) is 9.47 Å². The molecule has 0 aromatic heterocycles. The summed E-state index contributed by atoms with van der Waals surface area (Å²) in [6.45, 7) is 1.98. The molecule has 2 atom stereocenters. The Kier molecular flexibility index (Phi) is 2.58. The minimum absolute atomic E-state index is 0.118. The van der Waals surface area contributed by atoms with Crippen LogP contribution >= 0.6 is 0 Å². The zero-order valence-corrected chi connectivity index (χ0v) is 6.96. The molecule has 0 amide bonds. The maximum Gasteiger partial charge on any atom is 0.214 e. The SMILES string of the molecule is FC1OCCCC1NC1COC1. The Morgan fingerprint density at radius 2 is 2.17 bits per heavy atom. The standard InChI is InChI=1S/C8H14FNO2/c9-8-7(2-1-3-12-8)10-6-4-11-5-6/h6-8,10H,1-5H2. The molecule has 2 fully saturated rings. The Bertz CT molecular complexity index is 152. The molecule has 4 heteroatoms. The average molecular weight is 175 g/mol. The summed E-state index contributed by atoms with van der Waals surface area (Å²) in [7, 11) is 0. The molecule has 2 saturated heterocycles. The van der Waals surface area contributed by atoms with Crippen LogP contribution in [0.15, 0.2) is 0 Å². The summed E-state index contributed by atoms with van der Waals surface area (Å²) in [5.74, 6) is 0. The normalized spacial score (nSPS) is 37.8. The largest absolute Gasteiger partial charge is 0.378 e. The number of ether oxygens (including phenoxy) is 2. The van der Waals surface area contributed by atoms with Crippen molar-refractivity contribution in [2.24, 2.45) is 0 Å². The van der Waals surface area contributed by atoms with Crippen molar-refractivity contribution in [2.75, 3.05) is 19.8 Å². The van der Waals surface area contributed by atoms with Gasteiger partial charge in [0.1, 0.15) is 0 Å². The van der Waals surface area contributed by atoms with Gasteiger partial charge in [0.05, 0.1) is 31.9 Å². The highest BCUT2D eigenvalue weighted by Gasteiger charge is 2.29. The average Bonchev–Trinajstić information content (AvgIpc) is 2.00. The summed E-state index contributed by atoms with van der Waals surface area (Å²) in [6.07, 6.45) is 0.697. The van der Waals surface area contributed by atoms with Crippen LogP contribution in [0.5, 0.6) is 0 Å². The van der Waals surface area contributed by atoms with Gasteiger partial charge in [-0.3, -0.25) is 0 Å². The van der Waals surface area contributed by atoms with Gasteiger partial charge in [-0.05, 0) is 12.8 Å². The van der Waals surface area contributed by atoms with E-state index in [0.717, 1.165) is 12.8 Å². The molecule has 70 valence electrons. The number of hydrogen-bond acceptors (Lipinski definition) is 3. The minimum atomic E-state index is -1.13. The molecule has 3 nitrogen and oxygen atoms in total. The lowest BCUT2D eigenvalue weighted by Crippen LogP contribution is -2.54. The van der Waals surface area contributed by atoms with Crippen LogP contribution < -0.4 is 5.32 Å². The molecule has 1 N–H and O–H groups in total. The van der Waals surface area contributed by atoms with E-state index in [2.05, 4.69) is 5.32 Å². The van der Waals surface area contributed by atoms with Crippen LogP contribution in [0, 0.1) is 0 Å². The summed E-state index contributed by atoms with van der Waals surface area (Å²) in [5.41, 5.74) is 0. The molecule has 2 heterocycles. The maximum absolute atomic E-state index is 13.0. The van der Waals surface area contributed by atoms with Crippen molar-refractivity contribution in [1.82, 2.24) is 5.32 Å². The third-order valence-corrected chi connectivity index (χ3v) is 2.34. The second-order valence-corrected chi connectivity index (χ2v) is 3.37. The predicted molar refractivity (Wildman–Crippen MR) is 41.6 cm³/mol. The molecule has 0 bridgehead atoms. The van der Waals surface area contributed by atoms with E-state index in [-0.39, 0.29) is 6.04 Å². The molecule has 2 aliphatic rings. The molecule has 2 rings (SSSR count). The van der Waals surface area contributed by atoms with Gasteiger partial charge in [-0.1, -0.05) is 0 Å². The highest BCUT2D eigenvalue weighted by molar-refractivity contribution is 4.82. The Labute approximate surface area is 71.2 Å². The van der Waals surface area contributed by atoms with Gasteiger partial charge in [-0.25, -0.2) is 4.39 Å². The van der Waals surface area contributed by atoms with Crippen molar-refractivity contribution in [2.45, 2.75) is 31.3 Å². The van der Waals surface area contributed by atoms with Crippen LogP contribution in [0.25, 0.3) is 0 Å². The molecular formula is C8H14FNO2. The summed E-state index contributed by atoms with van der Waals surface area (Å²) < 4.78 is 22.9. The van der Waals surface area contributed by atoms with Crippen molar-refractivity contribution in [3.63, 3.8) is 0 Å². The molecule has 0 aliphatic carbocycles.